The Balaban J connectivity index is 2.42. The molecule has 0 aliphatic heterocycles. The van der Waals surface area contributed by atoms with Crippen molar-refractivity contribution in [2.24, 2.45) is 0 Å². The predicted molar refractivity (Wildman–Crippen MR) is 79.9 cm³/mol. The fourth-order valence-electron chi connectivity index (χ4n) is 1.64. The van der Waals surface area contributed by atoms with Gasteiger partial charge in [-0.1, -0.05) is 11.6 Å². The van der Waals surface area contributed by atoms with Crippen LogP contribution < -0.4 is 10.0 Å². The predicted octanol–water partition coefficient (Wildman–Crippen LogP) is 1.90. The summed E-state index contributed by atoms with van der Waals surface area (Å²) in [5, 5.41) is 2.76. The molecule has 8 heteroatoms. The average Bonchev–Trinajstić information content (AvgIpc) is 2.49. The number of aromatic nitrogens is 1. The van der Waals surface area contributed by atoms with E-state index in [4.69, 9.17) is 11.6 Å². The molecule has 1 aromatic heterocycles. The second kappa shape index (κ2) is 6.11. The molecular weight excluding hydrogens is 314 g/mol. The normalized spacial score (nSPS) is 11.0. The van der Waals surface area contributed by atoms with Crippen molar-refractivity contribution in [1.82, 2.24) is 10.3 Å². The Morgan fingerprint density at radius 2 is 2.05 bits per heavy atom. The van der Waals surface area contributed by atoms with Crippen LogP contribution in [-0.4, -0.2) is 26.4 Å². The molecule has 0 saturated heterocycles. The SMILES string of the molecule is CNC(=O)c1cc(Cl)ccc1NS(=O)(=O)c1cccnc1. The standard InChI is InChI=1S/C13H12ClN3O3S/c1-15-13(18)11-7-9(14)4-5-12(11)17-21(19,20)10-3-2-6-16-8-10/h2-8,17H,1H3,(H,15,18). The van der Waals surface area contributed by atoms with E-state index in [-0.39, 0.29) is 16.1 Å². The number of anilines is 1. The van der Waals surface area contributed by atoms with Gasteiger partial charge in [-0.25, -0.2) is 8.42 Å². The van der Waals surface area contributed by atoms with Crippen LogP contribution in [0.25, 0.3) is 0 Å². The van der Waals surface area contributed by atoms with Crippen molar-refractivity contribution in [1.29, 1.82) is 0 Å². The van der Waals surface area contributed by atoms with Crippen molar-refractivity contribution in [3.8, 4) is 0 Å². The van der Waals surface area contributed by atoms with E-state index in [0.29, 0.717) is 5.02 Å². The van der Waals surface area contributed by atoms with Crippen LogP contribution in [0.4, 0.5) is 5.69 Å². The number of carbonyl (C=O) groups excluding carboxylic acids is 1. The summed E-state index contributed by atoms with van der Waals surface area (Å²) in [5.41, 5.74) is 0.278. The van der Waals surface area contributed by atoms with Crippen LogP contribution in [0.15, 0.2) is 47.6 Å². The molecule has 6 nitrogen and oxygen atoms in total. The monoisotopic (exact) mass is 325 g/mol. The Kier molecular flexibility index (Phi) is 4.44. The van der Waals surface area contributed by atoms with Gasteiger partial charge in [-0.2, -0.15) is 0 Å². The number of hydrogen-bond donors (Lipinski definition) is 2. The molecule has 2 rings (SSSR count). The minimum absolute atomic E-state index is 0.00260. The van der Waals surface area contributed by atoms with Gasteiger partial charge in [-0.3, -0.25) is 14.5 Å². The summed E-state index contributed by atoms with van der Waals surface area (Å²) in [4.78, 5) is 15.6. The van der Waals surface area contributed by atoms with Crippen molar-refractivity contribution < 1.29 is 13.2 Å². The summed E-state index contributed by atoms with van der Waals surface area (Å²) in [6, 6.07) is 7.23. The summed E-state index contributed by atoms with van der Waals surface area (Å²) in [7, 11) is -2.38. The van der Waals surface area contributed by atoms with Crippen molar-refractivity contribution in [3.05, 3.63) is 53.3 Å². The first-order valence-corrected chi connectivity index (χ1v) is 7.74. The molecule has 1 aromatic carbocycles. The highest BCUT2D eigenvalue weighted by Crippen LogP contribution is 2.23. The second-order valence-electron chi connectivity index (χ2n) is 4.06. The third-order valence-corrected chi connectivity index (χ3v) is 4.23. The quantitative estimate of drug-likeness (QED) is 0.898. The number of pyridine rings is 1. The van der Waals surface area contributed by atoms with E-state index in [2.05, 4.69) is 15.0 Å². The Bertz CT molecular complexity index is 763. The zero-order chi connectivity index (χ0) is 15.5. The molecule has 1 amide bonds. The first kappa shape index (κ1) is 15.3. The van der Waals surface area contributed by atoms with E-state index >= 15 is 0 Å². The molecule has 110 valence electrons. The Hall–Kier alpha value is -2.12. The number of halogens is 1. The van der Waals surface area contributed by atoms with Gasteiger partial charge in [0, 0.05) is 24.5 Å². The third-order valence-electron chi connectivity index (χ3n) is 2.64. The number of sulfonamides is 1. The molecule has 1 heterocycles. The average molecular weight is 326 g/mol. The molecule has 2 N–H and O–H groups in total. The number of nitrogens with one attached hydrogen (secondary N) is 2. The number of carbonyl (C=O) groups is 1. The molecule has 0 radical (unpaired) electrons. The molecule has 0 spiro atoms. The minimum atomic E-state index is -3.83. The van der Waals surface area contributed by atoms with E-state index in [0.717, 1.165) is 0 Å². The molecule has 0 saturated carbocycles. The van der Waals surface area contributed by atoms with E-state index in [1.807, 2.05) is 0 Å². The molecule has 0 aliphatic carbocycles. The van der Waals surface area contributed by atoms with Gasteiger partial charge >= 0.3 is 0 Å². The van der Waals surface area contributed by atoms with Crippen molar-refractivity contribution in [3.63, 3.8) is 0 Å². The van der Waals surface area contributed by atoms with Crippen molar-refractivity contribution in [2.45, 2.75) is 4.90 Å². The Labute approximate surface area is 127 Å². The first-order chi connectivity index (χ1) is 9.94. The summed E-state index contributed by atoms with van der Waals surface area (Å²) in [5.74, 6) is -0.443. The third kappa shape index (κ3) is 3.50. The lowest BCUT2D eigenvalue weighted by molar-refractivity contribution is 0.0964. The van der Waals surface area contributed by atoms with Crippen LogP contribution in [0.1, 0.15) is 10.4 Å². The van der Waals surface area contributed by atoms with Gasteiger partial charge in [0.15, 0.2) is 0 Å². The van der Waals surface area contributed by atoms with Crippen molar-refractivity contribution >= 4 is 33.2 Å². The second-order valence-corrected chi connectivity index (χ2v) is 6.18. The van der Waals surface area contributed by atoms with Gasteiger partial charge in [0.05, 0.1) is 11.3 Å². The molecule has 0 bridgehead atoms. The largest absolute Gasteiger partial charge is 0.355 e. The number of rotatable bonds is 4. The zero-order valence-corrected chi connectivity index (χ0v) is 12.6. The highest BCUT2D eigenvalue weighted by atomic mass is 35.5. The molecule has 0 aliphatic rings. The van der Waals surface area contributed by atoms with E-state index in [1.54, 1.807) is 0 Å². The number of hydrogen-bond acceptors (Lipinski definition) is 4. The van der Waals surface area contributed by atoms with Gasteiger partial charge in [-0.05, 0) is 30.3 Å². The molecule has 21 heavy (non-hydrogen) atoms. The number of benzene rings is 1. The van der Waals surface area contributed by atoms with Crippen LogP contribution >= 0.6 is 11.6 Å². The Morgan fingerprint density at radius 1 is 1.29 bits per heavy atom. The van der Waals surface area contributed by atoms with Crippen LogP contribution in [0.3, 0.4) is 0 Å². The first-order valence-electron chi connectivity index (χ1n) is 5.88. The van der Waals surface area contributed by atoms with Crippen LogP contribution in [-0.2, 0) is 10.0 Å². The summed E-state index contributed by atoms with van der Waals surface area (Å²) >= 11 is 5.84. The molecule has 0 fully saturated rings. The summed E-state index contributed by atoms with van der Waals surface area (Å²) < 4.78 is 26.8. The van der Waals surface area contributed by atoms with Crippen LogP contribution in [0, 0.1) is 0 Å². The molecule has 0 unspecified atom stereocenters. The lowest BCUT2D eigenvalue weighted by atomic mass is 10.2. The lowest BCUT2D eigenvalue weighted by Crippen LogP contribution is -2.21. The topological polar surface area (TPSA) is 88.2 Å². The summed E-state index contributed by atoms with van der Waals surface area (Å²) in [6.07, 6.45) is 2.69. The highest BCUT2D eigenvalue weighted by Gasteiger charge is 2.18. The highest BCUT2D eigenvalue weighted by molar-refractivity contribution is 7.92. The van der Waals surface area contributed by atoms with Gasteiger partial charge < -0.3 is 5.32 Å². The maximum absolute atomic E-state index is 12.2. The molecule has 0 atom stereocenters. The van der Waals surface area contributed by atoms with Crippen molar-refractivity contribution in [2.75, 3.05) is 11.8 Å². The zero-order valence-electron chi connectivity index (χ0n) is 11.0. The van der Waals surface area contributed by atoms with Crippen LogP contribution in [0.5, 0.6) is 0 Å². The molecular formula is C13H12ClN3O3S. The van der Waals surface area contributed by atoms with E-state index in [1.165, 1.54) is 49.8 Å². The van der Waals surface area contributed by atoms with Gasteiger partial charge in [0.25, 0.3) is 15.9 Å². The van der Waals surface area contributed by atoms with Gasteiger partial charge in [0.1, 0.15) is 4.90 Å². The van der Waals surface area contributed by atoms with E-state index in [9.17, 15) is 13.2 Å². The smallest absolute Gasteiger partial charge is 0.263 e. The fourth-order valence-corrected chi connectivity index (χ4v) is 2.85. The lowest BCUT2D eigenvalue weighted by Gasteiger charge is -2.12. The maximum Gasteiger partial charge on any atom is 0.263 e. The maximum atomic E-state index is 12.2. The van der Waals surface area contributed by atoms with E-state index < -0.39 is 15.9 Å². The fraction of sp³-hybridized carbons (Fsp3) is 0.0769. The van der Waals surface area contributed by atoms with Crippen LogP contribution in [0.2, 0.25) is 5.02 Å². The molecule has 2 aromatic rings. The summed E-state index contributed by atoms with van der Waals surface area (Å²) in [6.45, 7) is 0. The number of nitrogens with zero attached hydrogens (tertiary/aromatic N) is 1. The van der Waals surface area contributed by atoms with Gasteiger partial charge in [-0.15, -0.1) is 0 Å². The van der Waals surface area contributed by atoms with Gasteiger partial charge in [0.2, 0.25) is 0 Å². The Morgan fingerprint density at radius 3 is 2.67 bits per heavy atom. The minimum Gasteiger partial charge on any atom is -0.355 e. The number of amides is 1.